The number of thiophene rings is 1. The summed E-state index contributed by atoms with van der Waals surface area (Å²) < 4.78 is 5.02. The molecule has 0 spiro atoms. The van der Waals surface area contributed by atoms with Gasteiger partial charge < -0.3 is 14.8 Å². The molecule has 6 heteroatoms. The number of amides is 1. The summed E-state index contributed by atoms with van der Waals surface area (Å²) in [5.41, 5.74) is 0.440. The van der Waals surface area contributed by atoms with Gasteiger partial charge in [-0.05, 0) is 25.1 Å². The Hall–Kier alpha value is -2.08. The minimum Gasteiger partial charge on any atom is -0.477 e. The van der Waals surface area contributed by atoms with E-state index in [1.54, 1.807) is 19.1 Å². The highest BCUT2D eigenvalue weighted by Crippen LogP contribution is 2.23. The molecule has 0 aromatic carbocycles. The fourth-order valence-electron chi connectivity index (χ4n) is 1.32. The average Bonchev–Trinajstić information content (AvgIpc) is 2.86. The fourth-order valence-corrected chi connectivity index (χ4v) is 2.06. The molecule has 2 N–H and O–H groups in total. The number of aryl methyl sites for hydroxylation is 1. The summed E-state index contributed by atoms with van der Waals surface area (Å²) in [6.45, 7) is 1.69. The molecule has 0 saturated heterocycles. The van der Waals surface area contributed by atoms with Gasteiger partial charge in [-0.2, -0.15) is 0 Å². The van der Waals surface area contributed by atoms with Crippen molar-refractivity contribution in [3.8, 4) is 0 Å². The molecule has 1 amide bonds. The predicted octanol–water partition coefficient (Wildman–Crippen LogP) is 2.60. The molecule has 88 valence electrons. The second-order valence-corrected chi connectivity index (χ2v) is 4.40. The van der Waals surface area contributed by atoms with Crippen LogP contribution in [-0.4, -0.2) is 17.0 Å². The average molecular weight is 251 g/mol. The lowest BCUT2D eigenvalue weighted by Gasteiger charge is -1.99. The topological polar surface area (TPSA) is 79.5 Å². The Bertz CT molecular complexity index is 570. The molecule has 17 heavy (non-hydrogen) atoms. The molecule has 0 aliphatic carbocycles. The number of nitrogens with one attached hydrogen (secondary N) is 1. The molecule has 0 aliphatic heterocycles. The van der Waals surface area contributed by atoms with Crippen LogP contribution in [0.1, 0.15) is 25.8 Å². The van der Waals surface area contributed by atoms with Gasteiger partial charge in [0.25, 0.3) is 5.91 Å². The van der Waals surface area contributed by atoms with Crippen LogP contribution in [0.3, 0.4) is 0 Å². The third kappa shape index (κ3) is 2.36. The number of carboxylic acid groups (broad SMARTS) is 1. The third-order valence-electron chi connectivity index (χ3n) is 2.16. The standard InChI is InChI=1S/C11H9NO4S/c1-6-7(4-5-16-6)10(13)12-9-3-2-8(17-9)11(14)15/h2-5H,1H3,(H,12,13)(H,14,15). The maximum Gasteiger partial charge on any atom is 0.345 e. The Labute approximate surface area is 101 Å². The number of anilines is 1. The third-order valence-corrected chi connectivity index (χ3v) is 3.15. The summed E-state index contributed by atoms with van der Waals surface area (Å²) in [7, 11) is 0. The van der Waals surface area contributed by atoms with Crippen molar-refractivity contribution in [3.05, 3.63) is 40.7 Å². The number of carbonyl (C=O) groups is 2. The number of carbonyl (C=O) groups excluding carboxylic acids is 1. The highest BCUT2D eigenvalue weighted by atomic mass is 32.1. The van der Waals surface area contributed by atoms with E-state index in [-0.39, 0.29) is 10.8 Å². The first-order valence-corrected chi connectivity index (χ1v) is 5.58. The van der Waals surface area contributed by atoms with Crippen LogP contribution in [0.5, 0.6) is 0 Å². The molecule has 2 aromatic rings. The van der Waals surface area contributed by atoms with Gasteiger partial charge in [0.15, 0.2) is 0 Å². The van der Waals surface area contributed by atoms with Gasteiger partial charge in [0.1, 0.15) is 10.6 Å². The number of furan rings is 1. The molecule has 0 radical (unpaired) electrons. The molecule has 0 bridgehead atoms. The van der Waals surface area contributed by atoms with Crippen molar-refractivity contribution >= 4 is 28.2 Å². The number of hydrogen-bond donors (Lipinski definition) is 2. The first-order chi connectivity index (χ1) is 8.08. The smallest absolute Gasteiger partial charge is 0.345 e. The minimum atomic E-state index is -1.00. The summed E-state index contributed by atoms with van der Waals surface area (Å²) >= 11 is 1.01. The summed E-state index contributed by atoms with van der Waals surface area (Å²) in [4.78, 5) is 22.6. The van der Waals surface area contributed by atoms with Gasteiger partial charge in [0.05, 0.1) is 16.8 Å². The van der Waals surface area contributed by atoms with Crippen LogP contribution in [0.25, 0.3) is 0 Å². The summed E-state index contributed by atoms with van der Waals surface area (Å²) in [6.07, 6.45) is 1.43. The van der Waals surface area contributed by atoms with E-state index in [1.807, 2.05) is 0 Å². The molecular weight excluding hydrogens is 242 g/mol. The summed E-state index contributed by atoms with van der Waals surface area (Å²) in [5, 5.41) is 11.9. The fraction of sp³-hybridized carbons (Fsp3) is 0.0909. The zero-order valence-electron chi connectivity index (χ0n) is 8.89. The number of carboxylic acids is 1. The van der Waals surface area contributed by atoms with E-state index < -0.39 is 5.97 Å². The van der Waals surface area contributed by atoms with Crippen molar-refractivity contribution in [1.29, 1.82) is 0 Å². The van der Waals surface area contributed by atoms with E-state index in [4.69, 9.17) is 9.52 Å². The second kappa shape index (κ2) is 4.42. The van der Waals surface area contributed by atoms with Crippen LogP contribution in [0.4, 0.5) is 5.00 Å². The van der Waals surface area contributed by atoms with Crippen molar-refractivity contribution in [1.82, 2.24) is 0 Å². The Morgan fingerprint density at radius 2 is 2.12 bits per heavy atom. The molecule has 0 unspecified atom stereocenters. The summed E-state index contributed by atoms with van der Waals surface area (Å²) in [5.74, 6) is -0.789. The molecule has 2 aromatic heterocycles. The maximum atomic E-state index is 11.8. The van der Waals surface area contributed by atoms with E-state index in [1.165, 1.54) is 12.3 Å². The Balaban J connectivity index is 2.13. The monoisotopic (exact) mass is 251 g/mol. The lowest BCUT2D eigenvalue weighted by atomic mass is 10.2. The normalized spacial score (nSPS) is 10.2. The number of rotatable bonds is 3. The SMILES string of the molecule is Cc1occc1C(=O)Nc1ccc(C(=O)O)s1. The van der Waals surface area contributed by atoms with Gasteiger partial charge in [0.2, 0.25) is 0 Å². The molecule has 0 aliphatic rings. The van der Waals surface area contributed by atoms with Crippen LogP contribution in [0, 0.1) is 6.92 Å². The molecular formula is C11H9NO4S. The van der Waals surface area contributed by atoms with Gasteiger partial charge in [-0.1, -0.05) is 0 Å². The Kier molecular flexibility index (Phi) is 2.97. The van der Waals surface area contributed by atoms with Gasteiger partial charge >= 0.3 is 5.97 Å². The van der Waals surface area contributed by atoms with Crippen molar-refractivity contribution in [2.75, 3.05) is 5.32 Å². The molecule has 5 nitrogen and oxygen atoms in total. The minimum absolute atomic E-state index is 0.184. The lowest BCUT2D eigenvalue weighted by molar-refractivity contribution is 0.0702. The lowest BCUT2D eigenvalue weighted by Crippen LogP contribution is -2.10. The van der Waals surface area contributed by atoms with E-state index in [0.29, 0.717) is 16.3 Å². The second-order valence-electron chi connectivity index (χ2n) is 3.31. The highest BCUT2D eigenvalue weighted by molar-refractivity contribution is 7.18. The van der Waals surface area contributed by atoms with Gasteiger partial charge in [-0.15, -0.1) is 11.3 Å². The first-order valence-electron chi connectivity index (χ1n) is 4.76. The van der Waals surface area contributed by atoms with Crippen LogP contribution in [0.2, 0.25) is 0 Å². The van der Waals surface area contributed by atoms with Gasteiger partial charge in [-0.25, -0.2) is 4.79 Å². The zero-order chi connectivity index (χ0) is 12.4. The molecule has 0 saturated carbocycles. The zero-order valence-corrected chi connectivity index (χ0v) is 9.71. The first kappa shape index (κ1) is 11.4. The van der Waals surface area contributed by atoms with Crippen LogP contribution in [0.15, 0.2) is 28.9 Å². The van der Waals surface area contributed by atoms with Gasteiger partial charge in [0, 0.05) is 0 Å². The van der Waals surface area contributed by atoms with Crippen LogP contribution >= 0.6 is 11.3 Å². The van der Waals surface area contributed by atoms with Gasteiger partial charge in [-0.3, -0.25) is 4.79 Å². The van der Waals surface area contributed by atoms with Crippen molar-refractivity contribution in [3.63, 3.8) is 0 Å². The Morgan fingerprint density at radius 3 is 2.65 bits per heavy atom. The number of hydrogen-bond acceptors (Lipinski definition) is 4. The van der Waals surface area contributed by atoms with E-state index >= 15 is 0 Å². The maximum absolute atomic E-state index is 11.8. The van der Waals surface area contributed by atoms with Crippen LogP contribution in [-0.2, 0) is 0 Å². The van der Waals surface area contributed by atoms with E-state index in [9.17, 15) is 9.59 Å². The summed E-state index contributed by atoms with van der Waals surface area (Å²) in [6, 6.07) is 4.57. The van der Waals surface area contributed by atoms with E-state index in [2.05, 4.69) is 5.32 Å². The van der Waals surface area contributed by atoms with Crippen molar-refractivity contribution in [2.24, 2.45) is 0 Å². The quantitative estimate of drug-likeness (QED) is 0.878. The van der Waals surface area contributed by atoms with Crippen LogP contribution < -0.4 is 5.32 Å². The van der Waals surface area contributed by atoms with Crippen molar-refractivity contribution in [2.45, 2.75) is 6.92 Å². The number of aromatic carboxylic acids is 1. The molecule has 2 heterocycles. The molecule has 0 atom stereocenters. The predicted molar refractivity (Wildman–Crippen MR) is 62.7 cm³/mol. The highest BCUT2D eigenvalue weighted by Gasteiger charge is 2.13. The molecule has 2 rings (SSSR count). The van der Waals surface area contributed by atoms with Crippen molar-refractivity contribution < 1.29 is 19.1 Å². The molecule has 0 fully saturated rings. The Morgan fingerprint density at radius 1 is 1.35 bits per heavy atom. The largest absolute Gasteiger partial charge is 0.477 e. The van der Waals surface area contributed by atoms with E-state index in [0.717, 1.165) is 11.3 Å².